The van der Waals surface area contributed by atoms with Gasteiger partial charge in [0.1, 0.15) is 11.5 Å². The molecule has 0 bridgehead atoms. The largest absolute Gasteiger partial charge is 0.497 e. The molecule has 0 saturated heterocycles. The van der Waals surface area contributed by atoms with Crippen molar-refractivity contribution < 1.29 is 14.3 Å². The molecule has 5 nitrogen and oxygen atoms in total. The fourth-order valence-electron chi connectivity index (χ4n) is 2.64. The fourth-order valence-corrected chi connectivity index (χ4v) is 2.64. The number of ketones is 1. The molecule has 0 atom stereocenters. The highest BCUT2D eigenvalue weighted by atomic mass is 16.5. The molecule has 0 aliphatic rings. The Labute approximate surface area is 152 Å². The summed E-state index contributed by atoms with van der Waals surface area (Å²) >= 11 is 0. The average Bonchev–Trinajstić information content (AvgIpc) is 3.19. The molecule has 0 aliphatic heterocycles. The van der Waals surface area contributed by atoms with Gasteiger partial charge in [-0.3, -0.25) is 9.48 Å². The summed E-state index contributed by atoms with van der Waals surface area (Å²) in [6.45, 7) is 0.599. The molecule has 0 fully saturated rings. The molecular weight excluding hydrogens is 328 g/mol. The van der Waals surface area contributed by atoms with Crippen molar-refractivity contribution in [2.75, 3.05) is 14.2 Å². The first-order valence-electron chi connectivity index (χ1n) is 8.20. The van der Waals surface area contributed by atoms with Crippen molar-refractivity contribution >= 4 is 11.9 Å². The third kappa shape index (κ3) is 4.19. The van der Waals surface area contributed by atoms with Gasteiger partial charge in [-0.1, -0.05) is 24.3 Å². The van der Waals surface area contributed by atoms with E-state index < -0.39 is 0 Å². The lowest BCUT2D eigenvalue weighted by Crippen LogP contribution is -2.02. The third-order valence-corrected chi connectivity index (χ3v) is 3.98. The topological polar surface area (TPSA) is 53.4 Å². The molecule has 0 N–H and O–H groups in total. The molecule has 0 aliphatic carbocycles. The van der Waals surface area contributed by atoms with Gasteiger partial charge in [0.25, 0.3) is 0 Å². The second kappa shape index (κ2) is 8.16. The lowest BCUT2D eigenvalue weighted by atomic mass is 10.1. The number of ether oxygens (including phenoxy) is 2. The van der Waals surface area contributed by atoms with Gasteiger partial charge in [0.15, 0.2) is 5.78 Å². The van der Waals surface area contributed by atoms with Crippen LogP contribution < -0.4 is 9.47 Å². The quantitative estimate of drug-likeness (QED) is 0.481. The Kier molecular flexibility index (Phi) is 5.49. The van der Waals surface area contributed by atoms with Crippen LogP contribution in [0.1, 0.15) is 21.5 Å². The van der Waals surface area contributed by atoms with E-state index in [4.69, 9.17) is 9.47 Å². The van der Waals surface area contributed by atoms with Gasteiger partial charge in [-0.05, 0) is 42.0 Å². The predicted octanol–water partition coefficient (Wildman–Crippen LogP) is 3.84. The molecule has 0 radical (unpaired) electrons. The van der Waals surface area contributed by atoms with Crippen LogP contribution in [0.15, 0.2) is 67.0 Å². The Morgan fingerprint density at radius 3 is 2.73 bits per heavy atom. The molecule has 0 amide bonds. The maximum Gasteiger partial charge on any atom is 0.185 e. The molecule has 132 valence electrons. The molecule has 0 unspecified atom stereocenters. The number of nitrogens with zero attached hydrogens (tertiary/aromatic N) is 2. The lowest BCUT2D eigenvalue weighted by molar-refractivity contribution is 0.104. The zero-order valence-electron chi connectivity index (χ0n) is 14.8. The molecule has 5 heteroatoms. The van der Waals surface area contributed by atoms with E-state index in [0.717, 1.165) is 16.9 Å². The van der Waals surface area contributed by atoms with Crippen molar-refractivity contribution in [2.24, 2.45) is 0 Å². The lowest BCUT2D eigenvalue weighted by Gasteiger charge is -2.09. The number of carbonyl (C=O) groups excluding carboxylic acids is 1. The molecule has 0 saturated carbocycles. The number of carbonyl (C=O) groups is 1. The van der Waals surface area contributed by atoms with Crippen LogP contribution in [-0.4, -0.2) is 29.8 Å². The molecule has 1 heterocycles. The van der Waals surface area contributed by atoms with Gasteiger partial charge in [-0.25, -0.2) is 0 Å². The number of hydrogen-bond acceptors (Lipinski definition) is 4. The minimum atomic E-state index is -0.0756. The minimum Gasteiger partial charge on any atom is -0.497 e. The van der Waals surface area contributed by atoms with E-state index in [1.54, 1.807) is 50.8 Å². The van der Waals surface area contributed by atoms with Gasteiger partial charge in [-0.15, -0.1) is 0 Å². The molecule has 1 aromatic heterocycles. The Bertz CT molecular complexity index is 915. The van der Waals surface area contributed by atoms with E-state index in [-0.39, 0.29) is 5.78 Å². The van der Waals surface area contributed by atoms with Crippen LogP contribution in [0.25, 0.3) is 6.08 Å². The second-order valence-electron chi connectivity index (χ2n) is 5.70. The van der Waals surface area contributed by atoms with Gasteiger partial charge in [0.2, 0.25) is 0 Å². The smallest absolute Gasteiger partial charge is 0.185 e. The summed E-state index contributed by atoms with van der Waals surface area (Å²) in [5, 5.41) is 4.22. The van der Waals surface area contributed by atoms with Gasteiger partial charge in [-0.2, -0.15) is 5.10 Å². The van der Waals surface area contributed by atoms with Crippen LogP contribution in [0.3, 0.4) is 0 Å². The standard InChI is InChI=1S/C21H20N2O3/c1-25-19-6-3-5-17(14-19)20(24)9-7-16-8-10-21(26-2)18(13-16)15-23-12-4-11-22-23/h3-14H,15H2,1-2H3/b9-7+. The van der Waals surface area contributed by atoms with Crippen molar-refractivity contribution in [2.45, 2.75) is 6.54 Å². The van der Waals surface area contributed by atoms with Crippen LogP contribution in [0.4, 0.5) is 0 Å². The van der Waals surface area contributed by atoms with Crippen LogP contribution >= 0.6 is 0 Å². The van der Waals surface area contributed by atoms with Crippen LogP contribution in [0, 0.1) is 0 Å². The summed E-state index contributed by atoms with van der Waals surface area (Å²) in [5.74, 6) is 1.38. The van der Waals surface area contributed by atoms with Crippen LogP contribution in [0.5, 0.6) is 11.5 Å². The Morgan fingerprint density at radius 2 is 2.00 bits per heavy atom. The first-order chi connectivity index (χ1) is 12.7. The summed E-state index contributed by atoms with van der Waals surface area (Å²) in [6, 6.07) is 14.8. The van der Waals surface area contributed by atoms with Gasteiger partial charge in [0, 0.05) is 23.5 Å². The number of rotatable bonds is 7. The molecular formula is C21H20N2O3. The summed E-state index contributed by atoms with van der Waals surface area (Å²) in [6.07, 6.45) is 7.00. The summed E-state index contributed by atoms with van der Waals surface area (Å²) in [5.41, 5.74) is 2.50. The van der Waals surface area contributed by atoms with Crippen LogP contribution in [0.2, 0.25) is 0 Å². The van der Waals surface area contributed by atoms with Gasteiger partial charge >= 0.3 is 0 Å². The highest BCUT2D eigenvalue weighted by molar-refractivity contribution is 6.07. The van der Waals surface area contributed by atoms with Crippen LogP contribution in [-0.2, 0) is 6.54 Å². The van der Waals surface area contributed by atoms with E-state index in [2.05, 4.69) is 5.10 Å². The van der Waals surface area contributed by atoms with E-state index in [9.17, 15) is 4.79 Å². The number of hydrogen-bond donors (Lipinski definition) is 0. The highest BCUT2D eigenvalue weighted by Gasteiger charge is 2.06. The second-order valence-corrected chi connectivity index (χ2v) is 5.70. The maximum atomic E-state index is 12.4. The highest BCUT2D eigenvalue weighted by Crippen LogP contribution is 2.22. The SMILES string of the molecule is COc1cccc(C(=O)/C=C/c2ccc(OC)c(Cn3cccn3)c2)c1. The first-order valence-corrected chi connectivity index (χ1v) is 8.20. The zero-order valence-corrected chi connectivity index (χ0v) is 14.8. The number of benzene rings is 2. The maximum absolute atomic E-state index is 12.4. The number of allylic oxidation sites excluding steroid dienone is 1. The van der Waals surface area contributed by atoms with Gasteiger partial charge < -0.3 is 9.47 Å². The Morgan fingerprint density at radius 1 is 1.12 bits per heavy atom. The summed E-state index contributed by atoms with van der Waals surface area (Å²) in [7, 11) is 3.22. The van der Waals surface area contributed by atoms with Gasteiger partial charge in [0.05, 0.1) is 20.8 Å². The normalized spacial score (nSPS) is 10.8. The van der Waals surface area contributed by atoms with E-state index in [0.29, 0.717) is 17.9 Å². The van der Waals surface area contributed by atoms with Crippen molar-refractivity contribution in [3.63, 3.8) is 0 Å². The van der Waals surface area contributed by atoms with E-state index >= 15 is 0 Å². The molecule has 26 heavy (non-hydrogen) atoms. The van der Waals surface area contributed by atoms with Crippen molar-refractivity contribution in [1.82, 2.24) is 9.78 Å². The fraction of sp³-hybridized carbons (Fsp3) is 0.143. The number of aromatic nitrogens is 2. The van der Waals surface area contributed by atoms with E-state index in [1.165, 1.54) is 0 Å². The van der Waals surface area contributed by atoms with Crippen molar-refractivity contribution in [3.8, 4) is 11.5 Å². The number of methoxy groups -OCH3 is 2. The first kappa shape index (κ1) is 17.5. The average molecular weight is 348 g/mol. The molecule has 3 aromatic rings. The molecule has 2 aromatic carbocycles. The monoisotopic (exact) mass is 348 g/mol. The zero-order chi connectivity index (χ0) is 18.4. The Balaban J connectivity index is 1.80. The van der Waals surface area contributed by atoms with E-state index in [1.807, 2.05) is 41.2 Å². The Hall–Kier alpha value is -3.34. The van der Waals surface area contributed by atoms with Crippen molar-refractivity contribution in [1.29, 1.82) is 0 Å². The van der Waals surface area contributed by atoms with Crippen molar-refractivity contribution in [3.05, 3.63) is 83.7 Å². The minimum absolute atomic E-state index is 0.0756. The summed E-state index contributed by atoms with van der Waals surface area (Å²) < 4.78 is 12.4. The third-order valence-electron chi connectivity index (χ3n) is 3.98. The predicted molar refractivity (Wildman–Crippen MR) is 101 cm³/mol. The molecule has 0 spiro atoms. The summed E-state index contributed by atoms with van der Waals surface area (Å²) in [4.78, 5) is 12.4. The molecule has 3 rings (SSSR count).